The lowest BCUT2D eigenvalue weighted by Gasteiger charge is -2.27. The molecule has 0 aromatic heterocycles. The Morgan fingerprint density at radius 2 is 1.87 bits per heavy atom. The molecule has 1 rings (SSSR count). The van der Waals surface area contributed by atoms with E-state index in [-0.39, 0.29) is 29.9 Å². The number of guanidine groups is 1. The molecule has 2 N–H and O–H groups in total. The summed E-state index contributed by atoms with van der Waals surface area (Å²) >= 11 is 0. The van der Waals surface area contributed by atoms with E-state index in [4.69, 9.17) is 0 Å². The highest BCUT2D eigenvalue weighted by Gasteiger charge is 2.16. The Bertz CT molecular complexity index is 343. The first kappa shape index (κ1) is 22.5. The molecule has 0 saturated carbocycles. The van der Waals surface area contributed by atoms with E-state index in [1.54, 1.807) is 7.05 Å². The molecular formula is C17H35IN4O. The zero-order chi connectivity index (χ0) is 16.2. The standard InChI is InChI=1S/C17H34N4O.HI/c1-4-5-6-8-11-15(2)20-17(18-3)19-14-16(22)21-12-9-7-10-13-21;/h15H,4-14H2,1-3H3,(H2,18,19,20);1H. The predicted molar refractivity (Wildman–Crippen MR) is 109 cm³/mol. The van der Waals surface area contributed by atoms with Crippen molar-refractivity contribution in [2.75, 3.05) is 26.7 Å². The summed E-state index contributed by atoms with van der Waals surface area (Å²) in [6.07, 6.45) is 9.76. The van der Waals surface area contributed by atoms with Gasteiger partial charge in [0.1, 0.15) is 0 Å². The van der Waals surface area contributed by atoms with E-state index in [1.807, 2.05) is 4.90 Å². The van der Waals surface area contributed by atoms with Crippen molar-refractivity contribution in [3.63, 3.8) is 0 Å². The Hall–Kier alpha value is -0.530. The smallest absolute Gasteiger partial charge is 0.241 e. The third-order valence-corrected chi connectivity index (χ3v) is 4.21. The van der Waals surface area contributed by atoms with Crippen LogP contribution in [0.15, 0.2) is 4.99 Å². The second-order valence-corrected chi connectivity index (χ2v) is 6.26. The topological polar surface area (TPSA) is 56.7 Å². The molecule has 1 atom stereocenters. The average molecular weight is 438 g/mol. The lowest BCUT2D eigenvalue weighted by atomic mass is 10.1. The molecule has 5 nitrogen and oxygen atoms in total. The van der Waals surface area contributed by atoms with E-state index in [1.165, 1.54) is 32.1 Å². The summed E-state index contributed by atoms with van der Waals surface area (Å²) < 4.78 is 0. The Kier molecular flexibility index (Phi) is 13.5. The van der Waals surface area contributed by atoms with Crippen LogP contribution in [0.4, 0.5) is 0 Å². The van der Waals surface area contributed by atoms with Crippen LogP contribution < -0.4 is 10.6 Å². The Morgan fingerprint density at radius 1 is 1.17 bits per heavy atom. The van der Waals surface area contributed by atoms with Crippen LogP contribution in [0, 0.1) is 0 Å². The molecule has 136 valence electrons. The number of carbonyl (C=O) groups is 1. The van der Waals surface area contributed by atoms with Crippen LogP contribution in [0.5, 0.6) is 0 Å². The lowest BCUT2D eigenvalue weighted by molar-refractivity contribution is -0.130. The van der Waals surface area contributed by atoms with Crippen molar-refractivity contribution in [2.45, 2.75) is 71.3 Å². The van der Waals surface area contributed by atoms with Gasteiger partial charge < -0.3 is 15.5 Å². The van der Waals surface area contributed by atoms with Crippen LogP contribution in [0.2, 0.25) is 0 Å². The van der Waals surface area contributed by atoms with Crippen molar-refractivity contribution < 1.29 is 4.79 Å². The minimum Gasteiger partial charge on any atom is -0.354 e. The fourth-order valence-corrected chi connectivity index (χ4v) is 2.79. The molecule has 23 heavy (non-hydrogen) atoms. The molecule has 0 aliphatic carbocycles. The minimum absolute atomic E-state index is 0. The molecule has 0 aromatic carbocycles. The molecule has 1 amide bonds. The zero-order valence-electron chi connectivity index (χ0n) is 15.1. The molecule has 0 bridgehead atoms. The molecule has 1 heterocycles. The number of hydrogen-bond acceptors (Lipinski definition) is 2. The van der Waals surface area contributed by atoms with Gasteiger partial charge >= 0.3 is 0 Å². The summed E-state index contributed by atoms with van der Waals surface area (Å²) in [6, 6.07) is 0.383. The van der Waals surface area contributed by atoms with Gasteiger partial charge in [-0.25, -0.2) is 0 Å². The van der Waals surface area contributed by atoms with Gasteiger partial charge in [0.05, 0.1) is 6.54 Å². The maximum atomic E-state index is 12.1. The molecule has 0 aromatic rings. The third-order valence-electron chi connectivity index (χ3n) is 4.21. The largest absolute Gasteiger partial charge is 0.354 e. The number of amides is 1. The Morgan fingerprint density at radius 3 is 2.48 bits per heavy atom. The van der Waals surface area contributed by atoms with Crippen LogP contribution in [0.25, 0.3) is 0 Å². The molecular weight excluding hydrogens is 403 g/mol. The molecule has 0 spiro atoms. The lowest BCUT2D eigenvalue weighted by Crippen LogP contribution is -2.47. The number of carbonyl (C=O) groups excluding carboxylic acids is 1. The SMILES string of the molecule is CCCCCCC(C)NC(=NC)NCC(=O)N1CCCCC1.I. The number of likely N-dealkylation sites (tertiary alicyclic amines) is 1. The molecule has 1 aliphatic rings. The van der Waals surface area contributed by atoms with Crippen molar-refractivity contribution in [1.82, 2.24) is 15.5 Å². The van der Waals surface area contributed by atoms with Crippen molar-refractivity contribution >= 4 is 35.8 Å². The van der Waals surface area contributed by atoms with Crippen molar-refractivity contribution in [2.24, 2.45) is 4.99 Å². The number of piperidine rings is 1. The number of nitrogens with zero attached hydrogens (tertiary/aromatic N) is 2. The first-order valence-electron chi connectivity index (χ1n) is 8.92. The van der Waals surface area contributed by atoms with E-state index in [0.29, 0.717) is 12.6 Å². The number of nitrogens with one attached hydrogen (secondary N) is 2. The van der Waals surface area contributed by atoms with Gasteiger partial charge in [-0.2, -0.15) is 0 Å². The highest BCUT2D eigenvalue weighted by molar-refractivity contribution is 14.0. The first-order valence-corrected chi connectivity index (χ1v) is 8.92. The summed E-state index contributed by atoms with van der Waals surface area (Å²) in [7, 11) is 1.75. The van der Waals surface area contributed by atoms with E-state index in [9.17, 15) is 4.79 Å². The number of hydrogen-bond donors (Lipinski definition) is 2. The molecule has 1 fully saturated rings. The van der Waals surface area contributed by atoms with Gasteiger partial charge in [-0.3, -0.25) is 9.79 Å². The molecule has 0 radical (unpaired) electrons. The molecule has 6 heteroatoms. The molecule has 1 aliphatic heterocycles. The van der Waals surface area contributed by atoms with Crippen LogP contribution in [0.3, 0.4) is 0 Å². The van der Waals surface area contributed by atoms with E-state index in [2.05, 4.69) is 29.5 Å². The maximum Gasteiger partial charge on any atom is 0.241 e. The second-order valence-electron chi connectivity index (χ2n) is 6.26. The van der Waals surface area contributed by atoms with Crippen LogP contribution >= 0.6 is 24.0 Å². The fraction of sp³-hybridized carbons (Fsp3) is 0.882. The van der Waals surface area contributed by atoms with Crippen LogP contribution in [0.1, 0.15) is 65.2 Å². The van der Waals surface area contributed by atoms with Gasteiger partial charge in [-0.05, 0) is 32.6 Å². The molecule has 1 unspecified atom stereocenters. The quantitative estimate of drug-likeness (QED) is 0.265. The van der Waals surface area contributed by atoms with Gasteiger partial charge in [0, 0.05) is 26.2 Å². The van der Waals surface area contributed by atoms with E-state index >= 15 is 0 Å². The van der Waals surface area contributed by atoms with E-state index in [0.717, 1.165) is 38.3 Å². The van der Waals surface area contributed by atoms with Crippen molar-refractivity contribution in [1.29, 1.82) is 0 Å². The summed E-state index contributed by atoms with van der Waals surface area (Å²) in [5.74, 6) is 0.909. The summed E-state index contributed by atoms with van der Waals surface area (Å²) in [5, 5.41) is 6.52. The Balaban J connectivity index is 0.00000484. The fourth-order valence-electron chi connectivity index (χ4n) is 2.79. The number of aliphatic imine (C=N–C) groups is 1. The summed E-state index contributed by atoms with van der Waals surface area (Å²) in [5.41, 5.74) is 0. The molecule has 1 saturated heterocycles. The number of unbranched alkanes of at least 4 members (excludes halogenated alkanes) is 3. The Labute approximate surface area is 159 Å². The second kappa shape index (κ2) is 13.9. The zero-order valence-corrected chi connectivity index (χ0v) is 17.4. The van der Waals surface area contributed by atoms with Crippen molar-refractivity contribution in [3.8, 4) is 0 Å². The summed E-state index contributed by atoms with van der Waals surface area (Å²) in [4.78, 5) is 18.3. The van der Waals surface area contributed by atoms with Crippen LogP contribution in [-0.2, 0) is 4.79 Å². The normalized spacial score (nSPS) is 16.5. The summed E-state index contributed by atoms with van der Waals surface area (Å²) in [6.45, 7) is 6.54. The number of rotatable bonds is 8. The van der Waals surface area contributed by atoms with Gasteiger partial charge in [0.2, 0.25) is 5.91 Å². The highest BCUT2D eigenvalue weighted by Crippen LogP contribution is 2.08. The third kappa shape index (κ3) is 10.0. The average Bonchev–Trinajstić information content (AvgIpc) is 2.56. The van der Waals surface area contributed by atoms with E-state index < -0.39 is 0 Å². The highest BCUT2D eigenvalue weighted by atomic mass is 127. The monoisotopic (exact) mass is 438 g/mol. The van der Waals surface area contributed by atoms with Crippen LogP contribution in [-0.4, -0.2) is 49.5 Å². The van der Waals surface area contributed by atoms with Gasteiger partial charge in [0.25, 0.3) is 0 Å². The van der Waals surface area contributed by atoms with Gasteiger partial charge in [0.15, 0.2) is 5.96 Å². The minimum atomic E-state index is 0. The first-order chi connectivity index (χ1) is 10.7. The number of halogens is 1. The van der Waals surface area contributed by atoms with Gasteiger partial charge in [-0.1, -0.05) is 32.6 Å². The van der Waals surface area contributed by atoms with Gasteiger partial charge in [-0.15, -0.1) is 24.0 Å². The predicted octanol–water partition coefficient (Wildman–Crippen LogP) is 3.14. The maximum absolute atomic E-state index is 12.1. The van der Waals surface area contributed by atoms with Crippen molar-refractivity contribution in [3.05, 3.63) is 0 Å².